The number of hydrogen-bond acceptors (Lipinski definition) is 4. The summed E-state index contributed by atoms with van der Waals surface area (Å²) < 4.78 is 31.6. The van der Waals surface area contributed by atoms with Gasteiger partial charge in [0.1, 0.15) is 0 Å². The normalized spacial score (nSPS) is 20.9. The second kappa shape index (κ2) is 8.75. The van der Waals surface area contributed by atoms with Gasteiger partial charge in [-0.2, -0.15) is 0 Å². The molecule has 0 saturated carbocycles. The molecule has 4 rings (SSSR count). The van der Waals surface area contributed by atoms with Gasteiger partial charge in [0, 0.05) is 23.9 Å². The van der Waals surface area contributed by atoms with Gasteiger partial charge in [-0.15, -0.1) is 0 Å². The standard InChI is InChI=1S/C21H22Cl2N2O4S/c22-15-10-14(20-4-1-2-8-29-20)11-16(12-15)24-21(26)18-13-17(5-6-19(18)23)25-7-3-9-30(25,27)28/h5-6,10-13,20H,1-4,7-9H2,(H,24,26). The summed E-state index contributed by atoms with van der Waals surface area (Å²) >= 11 is 12.5. The Morgan fingerprint density at radius 3 is 2.63 bits per heavy atom. The van der Waals surface area contributed by atoms with E-state index in [-0.39, 0.29) is 22.4 Å². The Morgan fingerprint density at radius 2 is 1.93 bits per heavy atom. The highest BCUT2D eigenvalue weighted by Gasteiger charge is 2.29. The molecule has 0 aliphatic carbocycles. The van der Waals surface area contributed by atoms with Gasteiger partial charge in [-0.25, -0.2) is 8.42 Å². The first-order chi connectivity index (χ1) is 14.3. The van der Waals surface area contributed by atoms with Crippen LogP contribution in [0, 0.1) is 0 Å². The van der Waals surface area contributed by atoms with Crippen LogP contribution in [-0.4, -0.2) is 33.2 Å². The summed E-state index contributed by atoms with van der Waals surface area (Å²) in [6, 6.07) is 10.0. The molecule has 9 heteroatoms. The number of anilines is 2. The van der Waals surface area contributed by atoms with Crippen LogP contribution in [0.5, 0.6) is 0 Å². The Bertz CT molecular complexity index is 1070. The molecule has 1 atom stereocenters. The van der Waals surface area contributed by atoms with Crippen molar-refractivity contribution in [2.45, 2.75) is 31.8 Å². The minimum atomic E-state index is -3.35. The van der Waals surface area contributed by atoms with E-state index >= 15 is 0 Å². The number of halogens is 2. The third-order valence-electron chi connectivity index (χ3n) is 5.31. The SMILES string of the molecule is O=C(Nc1cc(Cl)cc(C2CCCCO2)c1)c1cc(N2CCCS2(=O)=O)ccc1Cl. The number of sulfonamides is 1. The van der Waals surface area contributed by atoms with Gasteiger partial charge in [0.2, 0.25) is 10.0 Å². The zero-order valence-electron chi connectivity index (χ0n) is 16.2. The number of hydrogen-bond donors (Lipinski definition) is 1. The molecule has 1 N–H and O–H groups in total. The lowest BCUT2D eigenvalue weighted by Gasteiger charge is -2.23. The largest absolute Gasteiger partial charge is 0.374 e. The van der Waals surface area contributed by atoms with Crippen LogP contribution < -0.4 is 9.62 Å². The summed E-state index contributed by atoms with van der Waals surface area (Å²) in [5.74, 6) is -0.331. The molecule has 0 aromatic heterocycles. The smallest absolute Gasteiger partial charge is 0.257 e. The van der Waals surface area contributed by atoms with Crippen LogP contribution >= 0.6 is 23.2 Å². The van der Waals surface area contributed by atoms with E-state index in [1.165, 1.54) is 10.4 Å². The molecule has 160 valence electrons. The Hall–Kier alpha value is -1.80. The van der Waals surface area contributed by atoms with Crippen LogP contribution in [-0.2, 0) is 14.8 Å². The second-order valence-corrected chi connectivity index (χ2v) is 10.3. The fourth-order valence-electron chi connectivity index (χ4n) is 3.84. The van der Waals surface area contributed by atoms with Crippen molar-refractivity contribution < 1.29 is 17.9 Å². The molecule has 6 nitrogen and oxygen atoms in total. The lowest BCUT2D eigenvalue weighted by molar-refractivity contribution is 0.0150. The molecule has 0 bridgehead atoms. The molecular formula is C21H22Cl2N2O4S. The van der Waals surface area contributed by atoms with E-state index in [2.05, 4.69) is 5.32 Å². The quantitative estimate of drug-likeness (QED) is 0.682. The molecular weight excluding hydrogens is 447 g/mol. The molecule has 2 heterocycles. The van der Waals surface area contributed by atoms with Gasteiger partial charge in [0.15, 0.2) is 0 Å². The number of amides is 1. The maximum Gasteiger partial charge on any atom is 0.257 e. The van der Waals surface area contributed by atoms with Crippen LogP contribution in [0.4, 0.5) is 11.4 Å². The molecule has 2 aromatic carbocycles. The predicted molar refractivity (Wildman–Crippen MR) is 119 cm³/mol. The highest BCUT2D eigenvalue weighted by molar-refractivity contribution is 7.93. The first-order valence-corrected chi connectivity index (χ1v) is 12.2. The third-order valence-corrected chi connectivity index (χ3v) is 7.73. The van der Waals surface area contributed by atoms with Crippen molar-refractivity contribution in [1.82, 2.24) is 0 Å². The van der Waals surface area contributed by atoms with Crippen molar-refractivity contribution in [3.05, 3.63) is 57.6 Å². The first kappa shape index (κ1) is 21.4. The number of nitrogens with zero attached hydrogens (tertiary/aromatic N) is 1. The minimum absolute atomic E-state index is 0.0413. The summed E-state index contributed by atoms with van der Waals surface area (Å²) in [5, 5.41) is 3.57. The number of benzene rings is 2. The summed E-state index contributed by atoms with van der Waals surface area (Å²) in [6.45, 7) is 1.10. The lowest BCUT2D eigenvalue weighted by Crippen LogP contribution is -2.25. The van der Waals surface area contributed by atoms with E-state index in [4.69, 9.17) is 27.9 Å². The van der Waals surface area contributed by atoms with Gasteiger partial charge in [-0.05, 0) is 67.6 Å². The topological polar surface area (TPSA) is 75.7 Å². The molecule has 30 heavy (non-hydrogen) atoms. The summed E-state index contributed by atoms with van der Waals surface area (Å²) in [7, 11) is -3.35. The average molecular weight is 469 g/mol. The van der Waals surface area contributed by atoms with Crippen molar-refractivity contribution >= 4 is 50.5 Å². The average Bonchev–Trinajstić information content (AvgIpc) is 3.07. The van der Waals surface area contributed by atoms with Crippen molar-refractivity contribution in [2.24, 2.45) is 0 Å². The van der Waals surface area contributed by atoms with Crippen LogP contribution in [0.15, 0.2) is 36.4 Å². The van der Waals surface area contributed by atoms with Gasteiger partial charge in [0.25, 0.3) is 5.91 Å². The molecule has 1 amide bonds. The predicted octanol–water partition coefficient (Wildman–Crippen LogP) is 5.03. The lowest BCUT2D eigenvalue weighted by atomic mass is 10.0. The molecule has 2 fully saturated rings. The Kier molecular flexibility index (Phi) is 6.25. The van der Waals surface area contributed by atoms with E-state index in [0.29, 0.717) is 36.0 Å². The van der Waals surface area contributed by atoms with Crippen LogP contribution in [0.3, 0.4) is 0 Å². The van der Waals surface area contributed by atoms with Gasteiger partial charge in [-0.1, -0.05) is 23.2 Å². The zero-order chi connectivity index (χ0) is 21.3. The molecule has 0 spiro atoms. The van der Waals surface area contributed by atoms with Crippen LogP contribution in [0.25, 0.3) is 0 Å². The third kappa shape index (κ3) is 4.59. The minimum Gasteiger partial charge on any atom is -0.374 e. The van der Waals surface area contributed by atoms with Gasteiger partial charge in [-0.3, -0.25) is 9.10 Å². The first-order valence-electron chi connectivity index (χ1n) is 9.87. The van der Waals surface area contributed by atoms with Crippen LogP contribution in [0.2, 0.25) is 10.0 Å². The molecule has 2 aliphatic rings. The Morgan fingerprint density at radius 1 is 1.10 bits per heavy atom. The highest BCUT2D eigenvalue weighted by atomic mass is 35.5. The number of rotatable bonds is 4. The Balaban J connectivity index is 1.58. The van der Waals surface area contributed by atoms with Gasteiger partial charge >= 0.3 is 0 Å². The van der Waals surface area contributed by atoms with Crippen molar-refractivity contribution in [2.75, 3.05) is 28.5 Å². The van der Waals surface area contributed by atoms with E-state index in [0.717, 1.165) is 24.8 Å². The van der Waals surface area contributed by atoms with E-state index < -0.39 is 15.9 Å². The summed E-state index contributed by atoms with van der Waals surface area (Å²) in [5.41, 5.74) is 2.09. The highest BCUT2D eigenvalue weighted by Crippen LogP contribution is 2.33. The molecule has 0 radical (unpaired) electrons. The fraction of sp³-hybridized carbons (Fsp3) is 0.381. The maximum absolute atomic E-state index is 12.9. The fourth-order valence-corrected chi connectivity index (χ4v) is 5.85. The second-order valence-electron chi connectivity index (χ2n) is 7.49. The molecule has 2 aromatic rings. The van der Waals surface area contributed by atoms with E-state index in [9.17, 15) is 13.2 Å². The number of carbonyl (C=O) groups is 1. The summed E-state index contributed by atoms with van der Waals surface area (Å²) in [6.07, 6.45) is 3.55. The van der Waals surface area contributed by atoms with E-state index in [1.807, 2.05) is 12.1 Å². The van der Waals surface area contributed by atoms with Crippen molar-refractivity contribution in [3.8, 4) is 0 Å². The number of carbonyl (C=O) groups excluding carboxylic acids is 1. The monoisotopic (exact) mass is 468 g/mol. The van der Waals surface area contributed by atoms with Crippen molar-refractivity contribution in [1.29, 1.82) is 0 Å². The Labute approximate surface area is 186 Å². The summed E-state index contributed by atoms with van der Waals surface area (Å²) in [4.78, 5) is 12.9. The van der Waals surface area contributed by atoms with Gasteiger partial charge < -0.3 is 10.1 Å². The van der Waals surface area contributed by atoms with E-state index in [1.54, 1.807) is 18.2 Å². The number of ether oxygens (including phenoxy) is 1. The van der Waals surface area contributed by atoms with Gasteiger partial charge in [0.05, 0.1) is 28.1 Å². The van der Waals surface area contributed by atoms with Crippen LogP contribution in [0.1, 0.15) is 47.7 Å². The molecule has 1 unspecified atom stereocenters. The maximum atomic E-state index is 12.9. The number of nitrogens with one attached hydrogen (secondary N) is 1. The zero-order valence-corrected chi connectivity index (χ0v) is 18.6. The molecule has 2 aliphatic heterocycles. The molecule has 2 saturated heterocycles. The van der Waals surface area contributed by atoms with Crippen molar-refractivity contribution in [3.63, 3.8) is 0 Å².